The number of benzene rings is 1. The van der Waals surface area contributed by atoms with Crippen LogP contribution in [0.2, 0.25) is 5.02 Å². The highest BCUT2D eigenvalue weighted by Gasteiger charge is 2.54. The van der Waals surface area contributed by atoms with E-state index < -0.39 is 23.9 Å². The number of halogens is 7. The van der Waals surface area contributed by atoms with Crippen molar-refractivity contribution >= 4 is 52.2 Å². The first-order chi connectivity index (χ1) is 21.6. The molecule has 246 valence electrons. The third-order valence-corrected chi connectivity index (χ3v) is 7.33. The standard InChI is InChI=1S/C25H27ClN6O2.C4F6O2/c1-16(33)32-8-6-17(7-9-32)15-34-23-5-4-20-11-19(23)3-2-18-10-21(13-27-12-18)30-25-28-14-22(26)24(29-20)31-25;5-3(6,7)1(11)2(12)4(8,9)10/h4-5,10-14,17H,2-3,6-9,15H2,1H3,(H2,28,29,30,31);. The van der Waals surface area contributed by atoms with E-state index in [0.29, 0.717) is 29.3 Å². The maximum absolute atomic E-state index is 11.6. The summed E-state index contributed by atoms with van der Waals surface area (Å²) in [6.07, 6.45) is -2.78. The lowest BCUT2D eigenvalue weighted by molar-refractivity contribution is -0.193. The van der Waals surface area contributed by atoms with Gasteiger partial charge >= 0.3 is 23.9 Å². The molecule has 3 aromatic rings. The molecule has 2 N–H and O–H groups in total. The van der Waals surface area contributed by atoms with Crippen LogP contribution in [0, 0.1) is 5.92 Å². The molecule has 2 aromatic heterocycles. The first kappa shape index (κ1) is 34.4. The third kappa shape index (κ3) is 9.28. The maximum Gasteiger partial charge on any atom is 0.458 e. The zero-order chi connectivity index (χ0) is 33.6. The van der Waals surface area contributed by atoms with Crippen molar-refractivity contribution in [2.45, 2.75) is 45.0 Å². The van der Waals surface area contributed by atoms with Gasteiger partial charge in [0.25, 0.3) is 0 Å². The number of carbonyl (C=O) groups is 3. The number of nitrogens with zero attached hydrogens (tertiary/aromatic N) is 4. The van der Waals surface area contributed by atoms with E-state index in [0.717, 1.165) is 67.0 Å². The Morgan fingerprint density at radius 2 is 1.61 bits per heavy atom. The second-order valence-electron chi connectivity index (χ2n) is 10.5. The average Bonchev–Trinajstić information content (AvgIpc) is 3.00. The Bertz CT molecular complexity index is 1570. The lowest BCUT2D eigenvalue weighted by Crippen LogP contribution is -2.39. The van der Waals surface area contributed by atoms with Crippen molar-refractivity contribution < 1.29 is 45.5 Å². The van der Waals surface area contributed by atoms with Gasteiger partial charge in [-0.3, -0.25) is 19.4 Å². The first-order valence-corrected chi connectivity index (χ1v) is 14.2. The summed E-state index contributed by atoms with van der Waals surface area (Å²) in [5.41, 5.74) is 3.92. The number of nitrogens with one attached hydrogen (secondary N) is 2. The van der Waals surface area contributed by atoms with Gasteiger partial charge in [0.2, 0.25) is 11.9 Å². The van der Waals surface area contributed by atoms with Gasteiger partial charge in [-0.05, 0) is 67.0 Å². The number of carbonyl (C=O) groups excluding carboxylic acids is 3. The predicted molar refractivity (Wildman–Crippen MR) is 154 cm³/mol. The van der Waals surface area contributed by atoms with E-state index in [1.54, 1.807) is 19.3 Å². The number of alkyl halides is 6. The Morgan fingerprint density at radius 1 is 0.935 bits per heavy atom. The monoisotopic (exact) mass is 672 g/mol. The van der Waals surface area contributed by atoms with Gasteiger partial charge in [0, 0.05) is 31.9 Å². The Labute approximate surface area is 263 Å². The number of hydrogen-bond acceptors (Lipinski definition) is 9. The number of aryl methyl sites for hydroxylation is 2. The van der Waals surface area contributed by atoms with Crippen LogP contribution in [0.5, 0.6) is 5.75 Å². The topological polar surface area (TPSA) is 126 Å². The molecular weight excluding hydrogens is 646 g/mol. The predicted octanol–water partition coefficient (Wildman–Crippen LogP) is 6.00. The lowest BCUT2D eigenvalue weighted by Gasteiger charge is -2.31. The van der Waals surface area contributed by atoms with Crippen LogP contribution < -0.4 is 15.4 Å². The van der Waals surface area contributed by atoms with Crippen molar-refractivity contribution in [1.82, 2.24) is 19.9 Å². The molecule has 17 heteroatoms. The third-order valence-electron chi connectivity index (χ3n) is 7.06. The summed E-state index contributed by atoms with van der Waals surface area (Å²) < 4.78 is 73.3. The van der Waals surface area contributed by atoms with Crippen LogP contribution in [0.4, 0.5) is 49.5 Å². The average molecular weight is 673 g/mol. The quantitative estimate of drug-likeness (QED) is 0.254. The van der Waals surface area contributed by atoms with E-state index in [1.165, 1.54) is 0 Å². The van der Waals surface area contributed by atoms with Crippen LogP contribution in [-0.2, 0) is 27.2 Å². The fourth-order valence-corrected chi connectivity index (χ4v) is 4.76. The number of pyridine rings is 1. The van der Waals surface area contributed by atoms with Gasteiger partial charge in [-0.15, -0.1) is 0 Å². The molecule has 0 aliphatic carbocycles. The summed E-state index contributed by atoms with van der Waals surface area (Å²) in [5, 5.41) is 6.95. The molecule has 46 heavy (non-hydrogen) atoms. The molecule has 0 radical (unpaired) electrons. The summed E-state index contributed by atoms with van der Waals surface area (Å²) in [5.74, 6) is -4.37. The van der Waals surface area contributed by atoms with Crippen LogP contribution in [-0.4, -0.2) is 69.4 Å². The SMILES string of the molecule is CC(=O)N1CCC(COc2ccc3cc2CCc2cncc(c2)Nc2ncc(Cl)c(n2)N3)CC1.O=C(C(=O)C(F)(F)F)C(F)(F)F. The summed E-state index contributed by atoms with van der Waals surface area (Å²) in [7, 11) is 0. The summed E-state index contributed by atoms with van der Waals surface area (Å²) >= 11 is 6.35. The van der Waals surface area contributed by atoms with Gasteiger partial charge in [-0.1, -0.05) is 11.6 Å². The van der Waals surface area contributed by atoms with Gasteiger partial charge < -0.3 is 20.3 Å². The fourth-order valence-electron chi connectivity index (χ4n) is 4.63. The highest BCUT2D eigenvalue weighted by molar-refractivity contribution is 6.41. The largest absolute Gasteiger partial charge is 0.493 e. The molecule has 1 amide bonds. The molecule has 1 fully saturated rings. The minimum atomic E-state index is -5.77. The zero-order valence-corrected chi connectivity index (χ0v) is 24.9. The molecule has 5 rings (SSSR count). The van der Waals surface area contributed by atoms with Gasteiger partial charge in [-0.2, -0.15) is 31.3 Å². The highest BCUT2D eigenvalue weighted by atomic mass is 35.5. The van der Waals surface area contributed by atoms with Crippen molar-refractivity contribution in [3.63, 3.8) is 0 Å². The number of amides is 1. The van der Waals surface area contributed by atoms with Crippen molar-refractivity contribution in [2.75, 3.05) is 30.3 Å². The molecule has 4 heterocycles. The number of hydrogen-bond donors (Lipinski definition) is 2. The minimum absolute atomic E-state index is 0.151. The van der Waals surface area contributed by atoms with Gasteiger partial charge in [0.05, 0.1) is 24.7 Å². The molecule has 0 unspecified atom stereocenters. The minimum Gasteiger partial charge on any atom is -0.493 e. The Morgan fingerprint density at radius 3 is 2.24 bits per heavy atom. The first-order valence-electron chi connectivity index (χ1n) is 13.8. The molecule has 0 spiro atoms. The number of anilines is 4. The van der Waals surface area contributed by atoms with E-state index in [9.17, 15) is 40.7 Å². The molecule has 2 aliphatic rings. The van der Waals surface area contributed by atoms with Crippen LogP contribution in [0.1, 0.15) is 30.9 Å². The molecule has 0 saturated carbocycles. The number of aromatic nitrogens is 3. The Balaban J connectivity index is 0.000000342. The van der Waals surface area contributed by atoms with E-state index in [1.807, 2.05) is 23.2 Å². The molecule has 6 bridgehead atoms. The van der Waals surface area contributed by atoms with Crippen LogP contribution in [0.3, 0.4) is 0 Å². The molecule has 10 nitrogen and oxygen atoms in total. The molecule has 2 aliphatic heterocycles. The number of piperidine rings is 1. The van der Waals surface area contributed by atoms with Gasteiger partial charge in [-0.25, -0.2) is 4.98 Å². The Hall–Kier alpha value is -4.47. The van der Waals surface area contributed by atoms with E-state index >= 15 is 0 Å². The summed E-state index contributed by atoms with van der Waals surface area (Å²) in [6, 6.07) is 8.13. The van der Waals surface area contributed by atoms with Crippen molar-refractivity contribution in [3.8, 4) is 5.75 Å². The normalized spacial score (nSPS) is 15.0. The summed E-state index contributed by atoms with van der Waals surface area (Å²) in [6.45, 7) is 3.89. The van der Waals surface area contributed by atoms with Crippen molar-refractivity contribution in [1.29, 1.82) is 0 Å². The Kier molecular flexibility index (Phi) is 10.7. The van der Waals surface area contributed by atoms with E-state index in [-0.39, 0.29) is 5.91 Å². The second kappa shape index (κ2) is 14.3. The molecular formula is C29H27ClF6N6O4. The molecule has 1 aromatic carbocycles. The number of ketones is 2. The number of rotatable bonds is 4. The zero-order valence-electron chi connectivity index (χ0n) is 24.1. The van der Waals surface area contributed by atoms with Crippen LogP contribution >= 0.6 is 11.6 Å². The maximum atomic E-state index is 11.6. The number of fused-ring (bicyclic) bond motifs is 6. The van der Waals surface area contributed by atoms with Crippen LogP contribution in [0.15, 0.2) is 42.9 Å². The van der Waals surface area contributed by atoms with E-state index in [2.05, 4.69) is 37.7 Å². The second-order valence-corrected chi connectivity index (χ2v) is 10.9. The highest BCUT2D eigenvalue weighted by Crippen LogP contribution is 2.31. The van der Waals surface area contributed by atoms with Gasteiger partial charge in [0.15, 0.2) is 5.82 Å². The number of Topliss-reactive ketones (excluding diaryl/α,β-unsaturated/α-hetero) is 2. The number of ether oxygens (including phenoxy) is 1. The van der Waals surface area contributed by atoms with Crippen molar-refractivity contribution in [3.05, 3.63) is 59.0 Å². The van der Waals surface area contributed by atoms with E-state index in [4.69, 9.17) is 16.3 Å². The van der Waals surface area contributed by atoms with Crippen molar-refractivity contribution in [2.24, 2.45) is 5.92 Å². The van der Waals surface area contributed by atoms with Gasteiger partial charge in [0.1, 0.15) is 10.8 Å². The van der Waals surface area contributed by atoms with Crippen LogP contribution in [0.25, 0.3) is 0 Å². The smallest absolute Gasteiger partial charge is 0.458 e. The number of likely N-dealkylation sites (tertiary alicyclic amines) is 1. The molecule has 0 atom stereocenters. The summed E-state index contributed by atoms with van der Waals surface area (Å²) in [4.78, 5) is 45.9. The fraction of sp³-hybridized carbons (Fsp3) is 0.379. The lowest BCUT2D eigenvalue weighted by atomic mass is 9.97. The molecule has 1 saturated heterocycles.